The van der Waals surface area contributed by atoms with E-state index in [4.69, 9.17) is 9.40 Å². The first-order chi connectivity index (χ1) is 10.8. The topological polar surface area (TPSA) is 56.2 Å². The molecule has 4 aromatic rings. The van der Waals surface area contributed by atoms with E-state index in [0.29, 0.717) is 11.6 Å². The Bertz CT molecular complexity index is 983. The monoisotopic (exact) mass is 310 g/mol. The van der Waals surface area contributed by atoms with Crippen molar-refractivity contribution < 1.29 is 4.42 Å². The van der Waals surface area contributed by atoms with Crippen molar-refractivity contribution in [2.24, 2.45) is 5.92 Å². The number of aromatic nitrogens is 4. The van der Waals surface area contributed by atoms with Gasteiger partial charge in [-0.15, -0.1) is 16.4 Å². The first-order valence-electron chi connectivity index (χ1n) is 7.49. The van der Waals surface area contributed by atoms with Gasteiger partial charge in [0.05, 0.1) is 11.6 Å². The molecule has 0 saturated carbocycles. The molecule has 4 aromatic heterocycles. The predicted molar refractivity (Wildman–Crippen MR) is 85.1 cm³/mol. The molecular weight excluding hydrogens is 296 g/mol. The van der Waals surface area contributed by atoms with Crippen molar-refractivity contribution in [2.45, 2.75) is 26.2 Å². The Labute approximate surface area is 130 Å². The van der Waals surface area contributed by atoms with Crippen LogP contribution in [0.4, 0.5) is 0 Å². The Kier molecular flexibility index (Phi) is 2.47. The van der Waals surface area contributed by atoms with Gasteiger partial charge in [0.1, 0.15) is 11.2 Å². The zero-order valence-electron chi connectivity index (χ0n) is 12.1. The normalized spacial score (nSPS) is 18.1. The van der Waals surface area contributed by atoms with Gasteiger partial charge in [-0.3, -0.25) is 0 Å². The van der Waals surface area contributed by atoms with E-state index in [1.165, 1.54) is 22.2 Å². The number of hydrogen-bond acceptors (Lipinski definition) is 5. The molecule has 0 aromatic carbocycles. The SMILES string of the molecule is CC1CCc2c(sc3ncn4nc(-c5ccco5)nc4c23)C1. The van der Waals surface area contributed by atoms with Crippen molar-refractivity contribution in [3.05, 3.63) is 35.2 Å². The molecule has 0 N–H and O–H groups in total. The Morgan fingerprint density at radius 1 is 1.41 bits per heavy atom. The number of rotatable bonds is 1. The largest absolute Gasteiger partial charge is 0.461 e. The van der Waals surface area contributed by atoms with E-state index in [0.717, 1.165) is 29.2 Å². The van der Waals surface area contributed by atoms with Crippen molar-refractivity contribution in [3.8, 4) is 11.6 Å². The molecule has 0 aliphatic heterocycles. The lowest BCUT2D eigenvalue weighted by molar-refractivity contribution is 0.509. The maximum atomic E-state index is 5.41. The fourth-order valence-electron chi connectivity index (χ4n) is 3.25. The Morgan fingerprint density at radius 3 is 3.23 bits per heavy atom. The second kappa shape index (κ2) is 4.39. The van der Waals surface area contributed by atoms with Crippen LogP contribution in [0.5, 0.6) is 0 Å². The average Bonchev–Trinajstić information content (AvgIpc) is 3.22. The lowest BCUT2D eigenvalue weighted by Crippen LogP contribution is -2.08. The second-order valence-electron chi connectivity index (χ2n) is 5.96. The van der Waals surface area contributed by atoms with E-state index in [1.807, 2.05) is 23.5 Å². The van der Waals surface area contributed by atoms with Gasteiger partial charge in [-0.25, -0.2) is 14.5 Å². The molecule has 0 saturated heterocycles. The molecule has 1 aliphatic rings. The molecule has 0 spiro atoms. The average molecular weight is 310 g/mol. The van der Waals surface area contributed by atoms with E-state index in [-0.39, 0.29) is 0 Å². The van der Waals surface area contributed by atoms with E-state index >= 15 is 0 Å². The summed E-state index contributed by atoms with van der Waals surface area (Å²) in [4.78, 5) is 11.8. The van der Waals surface area contributed by atoms with Gasteiger partial charge in [-0.05, 0) is 42.9 Å². The van der Waals surface area contributed by atoms with Crippen molar-refractivity contribution >= 4 is 27.2 Å². The van der Waals surface area contributed by atoms with Gasteiger partial charge < -0.3 is 4.42 Å². The molecule has 22 heavy (non-hydrogen) atoms. The molecule has 0 radical (unpaired) electrons. The minimum atomic E-state index is 0.614. The minimum Gasteiger partial charge on any atom is -0.461 e. The second-order valence-corrected chi connectivity index (χ2v) is 7.04. The zero-order valence-corrected chi connectivity index (χ0v) is 12.9. The highest BCUT2D eigenvalue weighted by molar-refractivity contribution is 7.19. The van der Waals surface area contributed by atoms with Crippen molar-refractivity contribution in [1.29, 1.82) is 0 Å². The molecular formula is C16H14N4OS. The maximum Gasteiger partial charge on any atom is 0.217 e. The molecule has 5 nitrogen and oxygen atoms in total. The standard InChI is InChI=1S/C16H14N4OS/c1-9-4-5-10-12(7-9)22-16-13(10)15-18-14(11-3-2-6-21-11)19-20(15)8-17-16/h2-3,6,8-9H,4-5,7H2,1H3. The molecule has 1 unspecified atom stereocenters. The smallest absolute Gasteiger partial charge is 0.217 e. The van der Waals surface area contributed by atoms with Crippen LogP contribution in [0.25, 0.3) is 27.4 Å². The van der Waals surface area contributed by atoms with Crippen molar-refractivity contribution in [3.63, 3.8) is 0 Å². The molecule has 1 aliphatic carbocycles. The van der Waals surface area contributed by atoms with Crippen LogP contribution in [0.2, 0.25) is 0 Å². The molecule has 4 heterocycles. The summed E-state index contributed by atoms with van der Waals surface area (Å²) in [5.41, 5.74) is 2.32. The van der Waals surface area contributed by atoms with Gasteiger partial charge in [0, 0.05) is 4.88 Å². The molecule has 6 heteroatoms. The number of fused-ring (bicyclic) bond motifs is 5. The molecule has 5 rings (SSSR count). The molecule has 110 valence electrons. The third-order valence-corrected chi connectivity index (χ3v) is 5.54. The zero-order chi connectivity index (χ0) is 14.7. The summed E-state index contributed by atoms with van der Waals surface area (Å²) < 4.78 is 7.18. The third-order valence-electron chi connectivity index (χ3n) is 4.37. The fraction of sp³-hybridized carbons (Fsp3) is 0.312. The molecule has 1 atom stereocenters. The summed E-state index contributed by atoms with van der Waals surface area (Å²) in [6.45, 7) is 2.32. The Hall–Kier alpha value is -2.21. The molecule has 0 fully saturated rings. The predicted octanol–water partition coefficient (Wildman–Crippen LogP) is 3.72. The van der Waals surface area contributed by atoms with Crippen molar-refractivity contribution in [2.75, 3.05) is 0 Å². The van der Waals surface area contributed by atoms with E-state index in [9.17, 15) is 0 Å². The minimum absolute atomic E-state index is 0.614. The Balaban J connectivity index is 1.80. The van der Waals surface area contributed by atoms with Crippen LogP contribution >= 0.6 is 11.3 Å². The summed E-state index contributed by atoms with van der Waals surface area (Å²) in [5.74, 6) is 2.06. The van der Waals surface area contributed by atoms with Crippen LogP contribution in [-0.4, -0.2) is 19.6 Å². The van der Waals surface area contributed by atoms with Gasteiger partial charge in [0.2, 0.25) is 5.82 Å². The number of hydrogen-bond donors (Lipinski definition) is 0. The van der Waals surface area contributed by atoms with Crippen LogP contribution in [0.15, 0.2) is 29.1 Å². The van der Waals surface area contributed by atoms with Crippen LogP contribution in [-0.2, 0) is 12.8 Å². The highest BCUT2D eigenvalue weighted by Crippen LogP contribution is 2.38. The lowest BCUT2D eigenvalue weighted by atomic mass is 9.89. The highest BCUT2D eigenvalue weighted by Gasteiger charge is 2.23. The summed E-state index contributed by atoms with van der Waals surface area (Å²) >= 11 is 1.81. The highest BCUT2D eigenvalue weighted by atomic mass is 32.1. The van der Waals surface area contributed by atoms with Gasteiger partial charge >= 0.3 is 0 Å². The number of aryl methyl sites for hydroxylation is 1. The molecule has 0 bridgehead atoms. The lowest BCUT2D eigenvalue weighted by Gasteiger charge is -2.17. The van der Waals surface area contributed by atoms with Crippen LogP contribution < -0.4 is 0 Å². The quantitative estimate of drug-likeness (QED) is 0.537. The van der Waals surface area contributed by atoms with Gasteiger partial charge in [-0.1, -0.05) is 6.92 Å². The summed E-state index contributed by atoms with van der Waals surface area (Å²) in [6, 6.07) is 3.73. The van der Waals surface area contributed by atoms with Crippen LogP contribution in [0.3, 0.4) is 0 Å². The van der Waals surface area contributed by atoms with Gasteiger partial charge in [-0.2, -0.15) is 0 Å². The fourth-order valence-corrected chi connectivity index (χ4v) is 4.59. The van der Waals surface area contributed by atoms with Crippen molar-refractivity contribution in [1.82, 2.24) is 19.6 Å². The summed E-state index contributed by atoms with van der Waals surface area (Å²) in [5, 5.41) is 5.68. The maximum absolute atomic E-state index is 5.41. The third kappa shape index (κ3) is 1.67. The van der Waals surface area contributed by atoms with Gasteiger partial charge in [0.15, 0.2) is 11.4 Å². The Morgan fingerprint density at radius 2 is 2.36 bits per heavy atom. The molecule has 0 amide bonds. The first kappa shape index (κ1) is 12.3. The van der Waals surface area contributed by atoms with E-state index < -0.39 is 0 Å². The van der Waals surface area contributed by atoms with Crippen LogP contribution in [0, 0.1) is 5.92 Å². The van der Waals surface area contributed by atoms with Gasteiger partial charge in [0.25, 0.3) is 0 Å². The summed E-state index contributed by atoms with van der Waals surface area (Å²) in [6.07, 6.45) is 6.90. The van der Waals surface area contributed by atoms with E-state index in [2.05, 4.69) is 17.0 Å². The number of thiophene rings is 1. The van der Waals surface area contributed by atoms with Crippen LogP contribution in [0.1, 0.15) is 23.8 Å². The first-order valence-corrected chi connectivity index (χ1v) is 8.31. The van der Waals surface area contributed by atoms with E-state index in [1.54, 1.807) is 17.1 Å². The number of nitrogens with zero attached hydrogens (tertiary/aromatic N) is 4. The number of furan rings is 1. The summed E-state index contributed by atoms with van der Waals surface area (Å²) in [7, 11) is 0.